The summed E-state index contributed by atoms with van der Waals surface area (Å²) in [6.07, 6.45) is 4.76. The van der Waals surface area contributed by atoms with Crippen LogP contribution in [0, 0.1) is 0 Å². The molecule has 1 atom stereocenters. The molecule has 3 heteroatoms. The van der Waals surface area contributed by atoms with Crippen LogP contribution in [-0.2, 0) is 6.16 Å². The van der Waals surface area contributed by atoms with Gasteiger partial charge in [-0.05, 0) is 31.1 Å². The second-order valence-electron chi connectivity index (χ2n) is 1.67. The average molecular weight is 204 g/mol. The highest BCUT2D eigenvalue weighted by molar-refractivity contribution is 9.36. The maximum absolute atomic E-state index is 3.92. The Bertz CT molecular complexity index is 166. The number of hydrogen-bond donors (Lipinski definition) is 0. The summed E-state index contributed by atoms with van der Waals surface area (Å²) < 4.78 is 0. The fourth-order valence-electron chi connectivity index (χ4n) is 0.578. The second-order valence-corrected chi connectivity index (χ2v) is 3.97. The molecule has 0 aromatic carbocycles. The zero-order valence-electron chi connectivity index (χ0n) is 4.84. The molecule has 1 unspecified atom stereocenters. The Morgan fingerprint density at radius 3 is 2.67 bits per heavy atom. The van der Waals surface area contributed by atoms with E-state index in [9.17, 15) is 0 Å². The molecule has 1 aromatic rings. The van der Waals surface area contributed by atoms with Gasteiger partial charge in [-0.3, -0.25) is 4.98 Å². The van der Waals surface area contributed by atoms with Gasteiger partial charge in [0, 0.05) is 12.4 Å². The van der Waals surface area contributed by atoms with Crippen LogP contribution in [0.4, 0.5) is 0 Å². The highest BCUT2D eigenvalue weighted by Crippen LogP contribution is 2.24. The molecule has 9 heavy (non-hydrogen) atoms. The van der Waals surface area contributed by atoms with E-state index in [2.05, 4.69) is 20.5 Å². The van der Waals surface area contributed by atoms with E-state index in [0.29, 0.717) is 0 Å². The van der Waals surface area contributed by atoms with Crippen molar-refractivity contribution in [2.45, 2.75) is 6.16 Å². The summed E-state index contributed by atoms with van der Waals surface area (Å²) in [5, 5.41) is 0. The van der Waals surface area contributed by atoms with Crippen LogP contribution in [0.5, 0.6) is 0 Å². The van der Waals surface area contributed by atoms with Crippen molar-refractivity contribution in [3.05, 3.63) is 30.1 Å². The van der Waals surface area contributed by atoms with Gasteiger partial charge in [0.05, 0.1) is 0 Å². The average Bonchev–Trinajstić information content (AvgIpc) is 1.91. The number of hydrogen-bond acceptors (Lipinski definition) is 1. The highest BCUT2D eigenvalue weighted by atomic mass is 79.9. The van der Waals surface area contributed by atoms with Gasteiger partial charge in [-0.15, -0.1) is 0 Å². The lowest BCUT2D eigenvalue weighted by Crippen LogP contribution is -1.75. The Balaban J connectivity index is 2.61. The molecule has 0 aliphatic carbocycles. The lowest BCUT2D eigenvalue weighted by Gasteiger charge is -1.92. The first-order valence-electron chi connectivity index (χ1n) is 2.66. The van der Waals surface area contributed by atoms with Gasteiger partial charge in [-0.25, -0.2) is 0 Å². The van der Waals surface area contributed by atoms with Crippen molar-refractivity contribution in [2.75, 3.05) is 0 Å². The third-order valence-corrected chi connectivity index (χ3v) is 2.40. The number of rotatable bonds is 2. The van der Waals surface area contributed by atoms with Gasteiger partial charge in [0.2, 0.25) is 0 Å². The van der Waals surface area contributed by atoms with Gasteiger partial charge in [0.15, 0.2) is 0 Å². The van der Waals surface area contributed by atoms with Crippen LogP contribution in [0.25, 0.3) is 0 Å². The van der Waals surface area contributed by atoms with Crippen molar-refractivity contribution in [1.82, 2.24) is 4.98 Å². The first-order chi connectivity index (χ1) is 4.43. The normalized spacial score (nSPS) is 10.8. The van der Waals surface area contributed by atoms with Crippen LogP contribution >= 0.6 is 22.8 Å². The third-order valence-electron chi connectivity index (χ3n) is 1.02. The number of nitrogens with zero attached hydrogens (tertiary/aromatic N) is 1. The largest absolute Gasteiger partial charge is 0.265 e. The summed E-state index contributed by atoms with van der Waals surface area (Å²) in [4.78, 5) is 3.92. The fourth-order valence-corrected chi connectivity index (χ4v) is 1.94. The summed E-state index contributed by atoms with van der Waals surface area (Å²) in [6.45, 7) is 0. The molecule has 0 N–H and O–H groups in total. The van der Waals surface area contributed by atoms with Crippen molar-refractivity contribution in [3.8, 4) is 0 Å². The number of aromatic nitrogens is 1. The van der Waals surface area contributed by atoms with Gasteiger partial charge in [0.1, 0.15) is 0 Å². The zero-order chi connectivity index (χ0) is 6.53. The molecule has 0 saturated carbocycles. The molecule has 1 rings (SSSR count). The van der Waals surface area contributed by atoms with Crippen LogP contribution in [0.3, 0.4) is 0 Å². The monoisotopic (exact) mass is 203 g/mol. The van der Waals surface area contributed by atoms with Crippen molar-refractivity contribution < 1.29 is 0 Å². The Labute approximate surface area is 64.4 Å². The van der Waals surface area contributed by atoms with E-state index in [4.69, 9.17) is 0 Å². The number of pyridine rings is 1. The Morgan fingerprint density at radius 1 is 1.44 bits per heavy atom. The first-order valence-corrected chi connectivity index (χ1v) is 6.12. The molecule has 48 valence electrons. The van der Waals surface area contributed by atoms with Gasteiger partial charge in [-0.1, -0.05) is 15.5 Å². The third kappa shape index (κ3) is 2.42. The van der Waals surface area contributed by atoms with E-state index in [-0.39, 0.29) is 0 Å². The summed E-state index contributed by atoms with van der Waals surface area (Å²) >= 11 is 3.39. The smallest absolute Gasteiger partial charge is 0.0270 e. The minimum atomic E-state index is 0.820. The van der Waals surface area contributed by atoms with E-state index >= 15 is 0 Å². The summed E-state index contributed by atoms with van der Waals surface area (Å²) in [6, 6.07) is 4.07. The molecule has 1 nitrogen and oxygen atoms in total. The second kappa shape index (κ2) is 3.97. The predicted molar refractivity (Wildman–Crippen MR) is 45.2 cm³/mol. The summed E-state index contributed by atoms with van der Waals surface area (Å²) in [5.41, 5.74) is 1.35. The molecule has 1 aromatic heterocycles. The van der Waals surface area contributed by atoms with E-state index in [1.807, 2.05) is 24.5 Å². The van der Waals surface area contributed by atoms with Crippen LogP contribution in [-0.4, -0.2) is 4.98 Å². The van der Waals surface area contributed by atoms with Crippen molar-refractivity contribution in [1.29, 1.82) is 0 Å². The van der Waals surface area contributed by atoms with Crippen molar-refractivity contribution >= 4 is 22.8 Å². The molecule has 0 aliphatic rings. The Kier molecular flexibility index (Phi) is 3.16. The van der Waals surface area contributed by atoms with Crippen LogP contribution in [0.2, 0.25) is 0 Å². The van der Waals surface area contributed by atoms with E-state index in [1.54, 1.807) is 0 Å². The van der Waals surface area contributed by atoms with Crippen LogP contribution in [0.15, 0.2) is 24.5 Å². The molecular formula is C6H7BrNP. The molecule has 0 fully saturated rings. The summed E-state index contributed by atoms with van der Waals surface area (Å²) in [5.74, 6) is 0. The van der Waals surface area contributed by atoms with Crippen molar-refractivity contribution in [2.24, 2.45) is 0 Å². The molecule has 0 bridgehead atoms. The highest BCUT2D eigenvalue weighted by Gasteiger charge is 1.86. The number of halogens is 1. The quantitative estimate of drug-likeness (QED) is 0.674. The molecule has 0 aliphatic heterocycles. The lowest BCUT2D eigenvalue weighted by atomic mass is 10.3. The maximum Gasteiger partial charge on any atom is 0.0270 e. The van der Waals surface area contributed by atoms with Crippen LogP contribution in [0.1, 0.15) is 5.56 Å². The molecule has 0 amide bonds. The van der Waals surface area contributed by atoms with Crippen molar-refractivity contribution in [3.63, 3.8) is 0 Å². The first kappa shape index (κ1) is 7.17. The zero-order valence-corrected chi connectivity index (χ0v) is 7.43. The Morgan fingerprint density at radius 2 is 2.11 bits per heavy atom. The van der Waals surface area contributed by atoms with E-state index in [1.165, 1.54) is 5.56 Å². The van der Waals surface area contributed by atoms with Gasteiger partial charge < -0.3 is 0 Å². The molecular weight excluding hydrogens is 197 g/mol. The summed E-state index contributed by atoms with van der Waals surface area (Å²) in [7, 11) is 0.820. The minimum Gasteiger partial charge on any atom is -0.265 e. The predicted octanol–water partition coefficient (Wildman–Crippen LogP) is 2.57. The van der Waals surface area contributed by atoms with Crippen LogP contribution < -0.4 is 0 Å². The molecule has 0 saturated heterocycles. The van der Waals surface area contributed by atoms with Gasteiger partial charge >= 0.3 is 0 Å². The van der Waals surface area contributed by atoms with E-state index in [0.717, 1.165) is 13.4 Å². The lowest BCUT2D eigenvalue weighted by molar-refractivity contribution is 1.27. The minimum absolute atomic E-state index is 0.820. The van der Waals surface area contributed by atoms with Gasteiger partial charge in [0.25, 0.3) is 0 Å². The SMILES string of the molecule is BrPCc1ccncc1. The fraction of sp³-hybridized carbons (Fsp3) is 0.167. The Hall–Kier alpha value is 0.0600. The van der Waals surface area contributed by atoms with Gasteiger partial charge in [-0.2, -0.15) is 0 Å². The topological polar surface area (TPSA) is 12.9 Å². The van der Waals surface area contributed by atoms with E-state index < -0.39 is 0 Å². The molecule has 1 heterocycles. The maximum atomic E-state index is 3.92. The molecule has 0 spiro atoms. The standard InChI is InChI=1S/C6H7BrNP/c7-9-5-6-1-3-8-4-2-6/h1-4,9H,5H2. The molecule has 0 radical (unpaired) electrons.